The molecule has 0 aliphatic rings. The van der Waals surface area contributed by atoms with E-state index >= 15 is 0 Å². The second-order valence-corrected chi connectivity index (χ2v) is 4.14. The van der Waals surface area contributed by atoms with Gasteiger partial charge in [0.25, 0.3) is 0 Å². The first-order valence-corrected chi connectivity index (χ1v) is 5.97. The zero-order chi connectivity index (χ0) is 13.7. The van der Waals surface area contributed by atoms with E-state index in [1.54, 1.807) is 0 Å². The maximum Gasteiger partial charge on any atom is 0.159 e. The molecule has 4 heteroatoms. The number of hydrogen-bond acceptors (Lipinski definition) is 2. The highest BCUT2D eigenvalue weighted by molar-refractivity contribution is 5.21. The summed E-state index contributed by atoms with van der Waals surface area (Å²) in [4.78, 5) is 0. The third kappa shape index (κ3) is 3.76. The molecule has 19 heavy (non-hydrogen) atoms. The monoisotopic (exact) mass is 264 g/mol. The Morgan fingerprint density at radius 3 is 2.42 bits per heavy atom. The molecule has 0 bridgehead atoms. The van der Waals surface area contributed by atoms with Crippen molar-refractivity contribution < 1.29 is 18.6 Å². The zero-order valence-electron chi connectivity index (χ0n) is 10.2. The van der Waals surface area contributed by atoms with Gasteiger partial charge >= 0.3 is 0 Å². The maximum absolute atomic E-state index is 13.0. The Balaban J connectivity index is 1.87. The molecule has 0 saturated carbocycles. The van der Waals surface area contributed by atoms with Crippen molar-refractivity contribution in [3.05, 3.63) is 65.7 Å². The summed E-state index contributed by atoms with van der Waals surface area (Å²) >= 11 is 0. The van der Waals surface area contributed by atoms with E-state index in [-0.39, 0.29) is 0 Å². The van der Waals surface area contributed by atoms with Gasteiger partial charge in [-0.3, -0.25) is 0 Å². The quantitative estimate of drug-likeness (QED) is 0.896. The molecule has 1 N–H and O–H groups in total. The largest absolute Gasteiger partial charge is 0.493 e. The summed E-state index contributed by atoms with van der Waals surface area (Å²) in [6, 6.07) is 12.6. The first-order valence-electron chi connectivity index (χ1n) is 5.97. The van der Waals surface area contributed by atoms with Gasteiger partial charge in [-0.05, 0) is 29.8 Å². The van der Waals surface area contributed by atoms with Crippen molar-refractivity contribution in [1.29, 1.82) is 0 Å². The molecule has 2 rings (SSSR count). The number of aliphatic hydroxyl groups excluding tert-OH is 1. The summed E-state index contributed by atoms with van der Waals surface area (Å²) in [6.07, 6.45) is -0.571. The Bertz CT molecular complexity index is 529. The Morgan fingerprint density at radius 1 is 1.00 bits per heavy atom. The summed E-state index contributed by atoms with van der Waals surface area (Å²) in [5, 5.41) is 9.84. The number of para-hydroxylation sites is 1. The second kappa shape index (κ2) is 6.29. The minimum Gasteiger partial charge on any atom is -0.493 e. The van der Waals surface area contributed by atoms with Gasteiger partial charge in [-0.1, -0.05) is 24.3 Å². The van der Waals surface area contributed by atoms with Gasteiger partial charge in [0.05, 0.1) is 12.7 Å². The number of halogens is 2. The number of benzene rings is 2. The fraction of sp³-hybridized carbons (Fsp3) is 0.200. The van der Waals surface area contributed by atoms with Crippen LogP contribution in [0.15, 0.2) is 48.5 Å². The van der Waals surface area contributed by atoms with Gasteiger partial charge in [0.15, 0.2) is 11.6 Å². The molecule has 0 amide bonds. The van der Waals surface area contributed by atoms with E-state index in [2.05, 4.69) is 0 Å². The molecule has 0 heterocycles. The van der Waals surface area contributed by atoms with Gasteiger partial charge in [0, 0.05) is 6.42 Å². The molecule has 0 radical (unpaired) electrons. The maximum atomic E-state index is 13.0. The average Bonchev–Trinajstić information content (AvgIpc) is 2.43. The Hall–Kier alpha value is -1.94. The highest BCUT2D eigenvalue weighted by Gasteiger charge is 2.11. The van der Waals surface area contributed by atoms with Crippen LogP contribution in [-0.2, 0) is 0 Å². The minimum atomic E-state index is -0.958. The van der Waals surface area contributed by atoms with Gasteiger partial charge in [-0.15, -0.1) is 0 Å². The molecule has 0 aliphatic carbocycles. The zero-order valence-corrected chi connectivity index (χ0v) is 10.2. The fourth-order valence-corrected chi connectivity index (χ4v) is 1.69. The van der Waals surface area contributed by atoms with E-state index in [0.29, 0.717) is 24.3 Å². The van der Waals surface area contributed by atoms with Crippen LogP contribution in [0.25, 0.3) is 0 Å². The third-order valence-corrected chi connectivity index (χ3v) is 2.73. The molecule has 2 aromatic rings. The van der Waals surface area contributed by atoms with Gasteiger partial charge in [-0.25, -0.2) is 8.78 Å². The van der Waals surface area contributed by atoms with Crippen LogP contribution < -0.4 is 4.74 Å². The van der Waals surface area contributed by atoms with E-state index in [0.717, 1.165) is 12.1 Å². The third-order valence-electron chi connectivity index (χ3n) is 2.73. The number of aliphatic hydroxyl groups is 1. The van der Waals surface area contributed by atoms with Crippen LogP contribution in [0.4, 0.5) is 8.78 Å². The predicted molar refractivity (Wildman–Crippen MR) is 67.9 cm³/mol. The van der Waals surface area contributed by atoms with Crippen molar-refractivity contribution in [2.75, 3.05) is 6.61 Å². The molecule has 0 aliphatic heterocycles. The van der Waals surface area contributed by atoms with Crippen LogP contribution in [0.3, 0.4) is 0 Å². The van der Waals surface area contributed by atoms with Gasteiger partial charge in [0.2, 0.25) is 0 Å². The van der Waals surface area contributed by atoms with E-state index in [4.69, 9.17) is 4.74 Å². The van der Waals surface area contributed by atoms with Crippen molar-refractivity contribution in [3.8, 4) is 5.75 Å². The van der Waals surface area contributed by atoms with Crippen molar-refractivity contribution >= 4 is 0 Å². The molecule has 1 unspecified atom stereocenters. The lowest BCUT2D eigenvalue weighted by Crippen LogP contribution is -2.06. The van der Waals surface area contributed by atoms with Crippen LogP contribution in [0.1, 0.15) is 18.1 Å². The molecule has 0 fully saturated rings. The summed E-state index contributed by atoms with van der Waals surface area (Å²) in [6.45, 7) is 0.296. The van der Waals surface area contributed by atoms with E-state index < -0.39 is 17.7 Å². The Kier molecular flexibility index (Phi) is 4.47. The van der Waals surface area contributed by atoms with Crippen LogP contribution in [0, 0.1) is 11.6 Å². The lowest BCUT2D eigenvalue weighted by Gasteiger charge is -2.12. The highest BCUT2D eigenvalue weighted by atomic mass is 19.2. The summed E-state index contributed by atoms with van der Waals surface area (Å²) in [7, 11) is 0. The average molecular weight is 264 g/mol. The Morgan fingerprint density at radius 2 is 1.74 bits per heavy atom. The topological polar surface area (TPSA) is 29.5 Å². The summed E-state index contributed by atoms with van der Waals surface area (Å²) < 4.78 is 31.2. The van der Waals surface area contributed by atoms with Crippen molar-refractivity contribution in [2.24, 2.45) is 0 Å². The molecule has 2 aromatic carbocycles. The van der Waals surface area contributed by atoms with Crippen molar-refractivity contribution in [1.82, 2.24) is 0 Å². The smallest absolute Gasteiger partial charge is 0.159 e. The predicted octanol–water partition coefficient (Wildman–Crippen LogP) is 3.47. The van der Waals surface area contributed by atoms with Crippen LogP contribution in [-0.4, -0.2) is 11.7 Å². The van der Waals surface area contributed by atoms with Crippen LogP contribution >= 0.6 is 0 Å². The minimum absolute atomic E-state index is 0.296. The van der Waals surface area contributed by atoms with Crippen molar-refractivity contribution in [2.45, 2.75) is 12.5 Å². The van der Waals surface area contributed by atoms with E-state index in [1.807, 2.05) is 30.3 Å². The lowest BCUT2D eigenvalue weighted by molar-refractivity contribution is 0.140. The van der Waals surface area contributed by atoms with E-state index in [9.17, 15) is 13.9 Å². The first-order chi connectivity index (χ1) is 9.16. The second-order valence-electron chi connectivity index (χ2n) is 4.14. The molecule has 2 nitrogen and oxygen atoms in total. The lowest BCUT2D eigenvalue weighted by atomic mass is 10.1. The number of hydrogen-bond donors (Lipinski definition) is 1. The number of ether oxygens (including phenoxy) is 1. The molecule has 0 saturated heterocycles. The standard InChI is InChI=1S/C15H14F2O2/c16-13-7-6-11(10-14(13)17)15(18)8-9-19-12-4-2-1-3-5-12/h1-7,10,15,18H,8-9H2. The Labute approximate surface area is 110 Å². The van der Waals surface area contributed by atoms with Gasteiger partial charge in [-0.2, -0.15) is 0 Å². The molecule has 0 aromatic heterocycles. The van der Waals surface area contributed by atoms with Gasteiger partial charge < -0.3 is 9.84 Å². The summed E-state index contributed by atoms with van der Waals surface area (Å²) in [5.74, 6) is -1.17. The molecule has 0 spiro atoms. The molecule has 1 atom stereocenters. The number of rotatable bonds is 5. The fourth-order valence-electron chi connectivity index (χ4n) is 1.69. The summed E-state index contributed by atoms with van der Waals surface area (Å²) in [5.41, 5.74) is 0.343. The normalized spacial score (nSPS) is 12.2. The van der Waals surface area contributed by atoms with Crippen molar-refractivity contribution in [3.63, 3.8) is 0 Å². The van der Waals surface area contributed by atoms with Gasteiger partial charge in [0.1, 0.15) is 5.75 Å². The molecular weight excluding hydrogens is 250 g/mol. The van der Waals surface area contributed by atoms with E-state index in [1.165, 1.54) is 6.07 Å². The molecule has 100 valence electrons. The van der Waals surface area contributed by atoms with Crippen LogP contribution in [0.2, 0.25) is 0 Å². The SMILES string of the molecule is OC(CCOc1ccccc1)c1ccc(F)c(F)c1. The highest BCUT2D eigenvalue weighted by Crippen LogP contribution is 2.19. The van der Waals surface area contributed by atoms with Crippen LogP contribution in [0.5, 0.6) is 5.75 Å². The molecular formula is C15H14F2O2. The first kappa shape index (κ1) is 13.5.